The lowest BCUT2D eigenvalue weighted by molar-refractivity contribution is 0.223. The molecule has 3 aromatic rings. The molecular weight excluding hydrogens is 384 g/mol. The van der Waals surface area contributed by atoms with Crippen LogP contribution < -0.4 is 21.3 Å². The molecule has 0 atom stereocenters. The van der Waals surface area contributed by atoms with Crippen molar-refractivity contribution in [3.8, 4) is 5.75 Å². The van der Waals surface area contributed by atoms with Gasteiger partial charge < -0.3 is 15.0 Å². The number of likely N-dealkylation sites (N-methyl/N-ethyl adjacent to an activating group) is 1. The second-order valence-electron chi connectivity index (χ2n) is 7.18. The highest BCUT2D eigenvalue weighted by molar-refractivity contribution is 5.74. The van der Waals surface area contributed by atoms with Crippen LogP contribution in [-0.2, 0) is 0 Å². The number of hydrogen-bond acceptors (Lipinski definition) is 7. The van der Waals surface area contributed by atoms with Crippen molar-refractivity contribution < 1.29 is 4.74 Å². The van der Waals surface area contributed by atoms with Crippen molar-refractivity contribution in [2.45, 2.75) is 33.7 Å². The molecule has 0 aliphatic rings. The van der Waals surface area contributed by atoms with E-state index in [2.05, 4.69) is 39.0 Å². The monoisotopic (exact) mass is 412 g/mol. The van der Waals surface area contributed by atoms with Crippen molar-refractivity contribution in [2.75, 3.05) is 31.6 Å². The second-order valence-corrected chi connectivity index (χ2v) is 7.18. The fraction of sp³-hybridized carbons (Fsp3) is 0.429. The Hall–Kier alpha value is -3.20. The van der Waals surface area contributed by atoms with Gasteiger partial charge in [-0.05, 0) is 51.2 Å². The maximum atomic E-state index is 12.2. The third kappa shape index (κ3) is 4.85. The van der Waals surface area contributed by atoms with Crippen molar-refractivity contribution in [1.29, 1.82) is 0 Å². The zero-order chi connectivity index (χ0) is 21.7. The molecule has 0 bridgehead atoms. The van der Waals surface area contributed by atoms with Gasteiger partial charge in [0.05, 0.1) is 0 Å². The number of fused-ring (bicyclic) bond motifs is 1. The van der Waals surface area contributed by atoms with Crippen LogP contribution in [0.4, 0.5) is 11.6 Å². The molecule has 0 unspecified atom stereocenters. The number of anilines is 2. The zero-order valence-corrected chi connectivity index (χ0v) is 17.8. The molecule has 0 fully saturated rings. The first-order valence-electron chi connectivity index (χ1n) is 10.2. The summed E-state index contributed by atoms with van der Waals surface area (Å²) in [6.45, 7) is 11.5. The lowest BCUT2D eigenvalue weighted by Crippen LogP contribution is -2.32. The average Bonchev–Trinajstić information content (AvgIpc) is 2.72. The van der Waals surface area contributed by atoms with Crippen LogP contribution in [-0.4, -0.2) is 50.7 Å². The van der Waals surface area contributed by atoms with Crippen LogP contribution >= 0.6 is 0 Å². The van der Waals surface area contributed by atoms with Gasteiger partial charge in [0, 0.05) is 24.5 Å². The Labute approximate surface area is 174 Å². The summed E-state index contributed by atoms with van der Waals surface area (Å²) in [7, 11) is 0. The maximum Gasteiger partial charge on any atom is 0.330 e. The maximum absolute atomic E-state index is 12.2. The van der Waals surface area contributed by atoms with E-state index in [1.54, 1.807) is 0 Å². The Morgan fingerprint density at radius 3 is 2.50 bits per heavy atom. The summed E-state index contributed by atoms with van der Waals surface area (Å²) < 4.78 is 7.24. The first-order valence-corrected chi connectivity index (χ1v) is 10.2. The molecule has 2 N–H and O–H groups in total. The number of ether oxygens (including phenoxy) is 1. The highest BCUT2D eigenvalue weighted by Gasteiger charge is 2.13. The van der Waals surface area contributed by atoms with E-state index in [9.17, 15) is 9.59 Å². The van der Waals surface area contributed by atoms with Gasteiger partial charge in [0.2, 0.25) is 5.95 Å². The van der Waals surface area contributed by atoms with Gasteiger partial charge >= 0.3 is 5.69 Å². The van der Waals surface area contributed by atoms with E-state index >= 15 is 0 Å². The number of hydrogen-bond donors (Lipinski definition) is 2. The van der Waals surface area contributed by atoms with Crippen LogP contribution in [0.1, 0.15) is 33.7 Å². The Bertz CT molecular complexity index is 1100. The Balaban J connectivity index is 1.75. The molecule has 0 spiro atoms. The van der Waals surface area contributed by atoms with Gasteiger partial charge in [-0.1, -0.05) is 13.8 Å². The van der Waals surface area contributed by atoms with Gasteiger partial charge in [-0.25, -0.2) is 9.78 Å². The minimum atomic E-state index is -0.496. The minimum Gasteiger partial charge on any atom is -0.492 e. The van der Waals surface area contributed by atoms with Crippen LogP contribution in [0.3, 0.4) is 0 Å². The molecule has 2 aromatic heterocycles. The van der Waals surface area contributed by atoms with E-state index in [0.29, 0.717) is 18.2 Å². The predicted molar refractivity (Wildman–Crippen MR) is 118 cm³/mol. The highest BCUT2D eigenvalue weighted by atomic mass is 16.5. The predicted octanol–water partition coefficient (Wildman–Crippen LogP) is 2.52. The lowest BCUT2D eigenvalue weighted by Gasteiger charge is -2.18. The van der Waals surface area contributed by atoms with Crippen molar-refractivity contribution in [3.05, 3.63) is 51.3 Å². The molecule has 0 aliphatic heterocycles. The molecule has 9 heteroatoms. The largest absolute Gasteiger partial charge is 0.492 e. The van der Waals surface area contributed by atoms with Crippen LogP contribution in [0.15, 0.2) is 40.1 Å². The number of benzene rings is 1. The summed E-state index contributed by atoms with van der Waals surface area (Å²) in [5.74, 6) is 1.09. The van der Waals surface area contributed by atoms with Crippen LogP contribution in [0.5, 0.6) is 5.75 Å². The van der Waals surface area contributed by atoms with Gasteiger partial charge in [-0.3, -0.25) is 14.3 Å². The Morgan fingerprint density at radius 1 is 1.17 bits per heavy atom. The lowest BCUT2D eigenvalue weighted by atomic mass is 10.3. The quantitative estimate of drug-likeness (QED) is 0.556. The normalized spacial score (nSPS) is 11.4. The molecule has 0 aliphatic carbocycles. The fourth-order valence-corrected chi connectivity index (χ4v) is 3.17. The summed E-state index contributed by atoms with van der Waals surface area (Å²) >= 11 is 0. The number of H-pyrrole nitrogens is 1. The third-order valence-electron chi connectivity index (χ3n) is 4.88. The van der Waals surface area contributed by atoms with Crippen molar-refractivity contribution in [2.24, 2.45) is 0 Å². The molecule has 0 saturated carbocycles. The van der Waals surface area contributed by atoms with Crippen molar-refractivity contribution >= 4 is 22.7 Å². The summed E-state index contributed by atoms with van der Waals surface area (Å²) in [5, 5.41) is 3.38. The molecule has 160 valence electrons. The van der Waals surface area contributed by atoms with E-state index in [1.165, 1.54) is 10.8 Å². The van der Waals surface area contributed by atoms with Crippen molar-refractivity contribution in [3.63, 3.8) is 0 Å². The van der Waals surface area contributed by atoms with Crippen LogP contribution in [0.2, 0.25) is 0 Å². The van der Waals surface area contributed by atoms with E-state index in [1.807, 2.05) is 38.1 Å². The third-order valence-corrected chi connectivity index (χ3v) is 4.88. The molecule has 1 aromatic carbocycles. The number of nitrogens with zero attached hydrogens (tertiary/aromatic N) is 4. The molecule has 2 heterocycles. The number of aromatic amines is 1. The summed E-state index contributed by atoms with van der Waals surface area (Å²) in [6.07, 6.45) is 1.42. The Morgan fingerprint density at radius 2 is 1.87 bits per heavy atom. The van der Waals surface area contributed by atoms with Crippen LogP contribution in [0.25, 0.3) is 11.0 Å². The summed E-state index contributed by atoms with van der Waals surface area (Å²) in [6, 6.07) is 7.33. The van der Waals surface area contributed by atoms with Gasteiger partial charge in [0.1, 0.15) is 17.7 Å². The summed E-state index contributed by atoms with van der Waals surface area (Å²) in [4.78, 5) is 37.5. The number of rotatable bonds is 9. The molecule has 0 saturated heterocycles. The topological polar surface area (TPSA) is 105 Å². The first kappa shape index (κ1) is 21.5. The van der Waals surface area contributed by atoms with E-state index in [-0.39, 0.29) is 11.4 Å². The van der Waals surface area contributed by atoms with E-state index in [0.717, 1.165) is 31.1 Å². The average molecular weight is 412 g/mol. The van der Waals surface area contributed by atoms with Gasteiger partial charge in [-0.2, -0.15) is 4.98 Å². The molecule has 30 heavy (non-hydrogen) atoms. The van der Waals surface area contributed by atoms with Crippen molar-refractivity contribution in [1.82, 2.24) is 24.4 Å². The van der Waals surface area contributed by atoms with Gasteiger partial charge in [-0.15, -0.1) is 0 Å². The van der Waals surface area contributed by atoms with E-state index in [4.69, 9.17) is 4.74 Å². The highest BCUT2D eigenvalue weighted by Crippen LogP contribution is 2.19. The zero-order valence-electron chi connectivity index (χ0n) is 17.8. The Kier molecular flexibility index (Phi) is 6.83. The van der Waals surface area contributed by atoms with Gasteiger partial charge in [0.15, 0.2) is 5.65 Å². The second kappa shape index (κ2) is 9.53. The first-order chi connectivity index (χ1) is 14.4. The smallest absolute Gasteiger partial charge is 0.330 e. The molecule has 9 nitrogen and oxygen atoms in total. The number of aromatic nitrogens is 4. The fourth-order valence-electron chi connectivity index (χ4n) is 3.17. The molecule has 0 amide bonds. The molecule has 0 radical (unpaired) electrons. The molecule has 3 rings (SSSR count). The standard InChI is InChI=1S/C21H28N6O3/c1-5-26(6-2)11-12-30-16-9-7-15(8-10-16)23-20-22-13-17-18(24-20)27(14(3)4)21(29)25-19(17)28/h7-10,13-14H,5-6,11-12H2,1-4H3,(H,22,23,24)(H,25,28,29). The minimum absolute atomic E-state index is 0.160. The van der Waals surface area contributed by atoms with Gasteiger partial charge in [0.25, 0.3) is 5.56 Å². The van der Waals surface area contributed by atoms with Crippen LogP contribution in [0, 0.1) is 0 Å². The summed E-state index contributed by atoms with van der Waals surface area (Å²) in [5.41, 5.74) is 0.0874. The number of nitrogens with one attached hydrogen (secondary N) is 2. The molecular formula is C21H28N6O3. The van der Waals surface area contributed by atoms with E-state index < -0.39 is 11.2 Å². The SMILES string of the molecule is CCN(CC)CCOc1ccc(Nc2ncc3c(=O)[nH]c(=O)n(C(C)C)c3n2)cc1.